The Balaban J connectivity index is 1.38. The molecule has 0 unspecified atom stereocenters. The van der Waals surface area contributed by atoms with Gasteiger partial charge in [0.05, 0.1) is 4.91 Å². The fraction of sp³-hybridized carbons (Fsp3) is 0.138. The van der Waals surface area contributed by atoms with Gasteiger partial charge in [0.1, 0.15) is 12.4 Å². The number of aryl methyl sites for hydroxylation is 2. The van der Waals surface area contributed by atoms with Gasteiger partial charge in [-0.05, 0) is 72.6 Å². The smallest absolute Gasteiger partial charge is 0.294 e. The van der Waals surface area contributed by atoms with Crippen LogP contribution in [0.4, 0.5) is 14.9 Å². The summed E-state index contributed by atoms with van der Waals surface area (Å²) in [5.41, 5.74) is 4.90. The Morgan fingerprint density at radius 3 is 2.66 bits per heavy atom. The number of aromatic nitrogens is 1. The fourth-order valence-electron chi connectivity index (χ4n) is 4.34. The predicted molar refractivity (Wildman–Crippen MR) is 150 cm³/mol. The second-order valence-electron chi connectivity index (χ2n) is 9.10. The third kappa shape index (κ3) is 5.23. The molecule has 2 heterocycles. The number of hydrogen-bond donors (Lipinski definition) is 1. The van der Waals surface area contributed by atoms with Gasteiger partial charge in [-0.3, -0.25) is 19.3 Å². The molecule has 1 saturated heterocycles. The molecule has 3 aromatic carbocycles. The highest BCUT2D eigenvalue weighted by Crippen LogP contribution is 2.34. The molecule has 4 aromatic rings. The second kappa shape index (κ2) is 10.5. The van der Waals surface area contributed by atoms with Gasteiger partial charge in [-0.1, -0.05) is 48.0 Å². The molecule has 0 radical (unpaired) electrons. The summed E-state index contributed by atoms with van der Waals surface area (Å²) in [6, 6.07) is 17.6. The van der Waals surface area contributed by atoms with E-state index in [2.05, 4.69) is 5.32 Å². The molecule has 1 aliphatic rings. The molecule has 0 bridgehead atoms. The second-order valence-corrected chi connectivity index (χ2v) is 10.5. The van der Waals surface area contributed by atoms with Crippen molar-refractivity contribution in [1.29, 1.82) is 0 Å². The Kier molecular flexibility index (Phi) is 7.10. The number of carbonyl (C=O) groups is 3. The molecule has 9 heteroatoms. The lowest BCUT2D eigenvalue weighted by molar-refractivity contribution is -0.127. The highest BCUT2D eigenvalue weighted by molar-refractivity contribution is 8.18. The lowest BCUT2D eigenvalue weighted by Crippen LogP contribution is -2.36. The third-order valence-corrected chi connectivity index (χ3v) is 7.56. The van der Waals surface area contributed by atoms with E-state index in [1.807, 2.05) is 67.1 Å². The third-order valence-electron chi connectivity index (χ3n) is 6.30. The van der Waals surface area contributed by atoms with Crippen LogP contribution in [0, 0.1) is 19.7 Å². The molecule has 1 N–H and O–H groups in total. The van der Waals surface area contributed by atoms with E-state index in [1.165, 1.54) is 12.1 Å². The van der Waals surface area contributed by atoms with Gasteiger partial charge < -0.3 is 9.88 Å². The molecule has 6 nitrogen and oxygen atoms in total. The van der Waals surface area contributed by atoms with Crippen LogP contribution in [0.5, 0.6) is 0 Å². The van der Waals surface area contributed by atoms with Crippen LogP contribution in [0.2, 0.25) is 5.02 Å². The first-order valence-corrected chi connectivity index (χ1v) is 13.0. The minimum Gasteiger partial charge on any atom is -0.342 e. The number of carbonyl (C=O) groups excluding carboxylic acids is 3. The summed E-state index contributed by atoms with van der Waals surface area (Å²) < 4.78 is 15.5. The molecule has 0 aliphatic carbocycles. The van der Waals surface area contributed by atoms with Gasteiger partial charge in [0.2, 0.25) is 5.91 Å². The zero-order chi connectivity index (χ0) is 27.0. The van der Waals surface area contributed by atoms with Crippen LogP contribution in [0.1, 0.15) is 22.3 Å². The molecular weight excluding hydrogens is 525 g/mol. The van der Waals surface area contributed by atoms with Gasteiger partial charge in [-0.15, -0.1) is 0 Å². The first-order chi connectivity index (χ1) is 18.2. The molecule has 1 fully saturated rings. The Morgan fingerprint density at radius 2 is 1.87 bits per heavy atom. The number of anilines is 1. The lowest BCUT2D eigenvalue weighted by Gasteiger charge is -2.14. The molecule has 1 aromatic heterocycles. The molecule has 3 amide bonds. The number of hydrogen-bond acceptors (Lipinski definition) is 4. The van der Waals surface area contributed by atoms with Crippen LogP contribution in [0.15, 0.2) is 71.8 Å². The van der Waals surface area contributed by atoms with Crippen LogP contribution in [0.25, 0.3) is 17.0 Å². The largest absolute Gasteiger partial charge is 0.342 e. The minimum absolute atomic E-state index is 0.234. The van der Waals surface area contributed by atoms with E-state index in [9.17, 15) is 18.8 Å². The molecule has 1 aliphatic heterocycles. The van der Waals surface area contributed by atoms with Crippen molar-refractivity contribution in [2.45, 2.75) is 20.4 Å². The topological polar surface area (TPSA) is 71.4 Å². The molecular formula is C29H23ClFN3O3S. The number of halogens is 2. The van der Waals surface area contributed by atoms with Crippen LogP contribution < -0.4 is 5.32 Å². The van der Waals surface area contributed by atoms with E-state index in [-0.39, 0.29) is 11.4 Å². The lowest BCUT2D eigenvalue weighted by atomic mass is 10.1. The molecule has 38 heavy (non-hydrogen) atoms. The summed E-state index contributed by atoms with van der Waals surface area (Å²) in [5.74, 6) is -1.38. The quantitative estimate of drug-likeness (QED) is 0.270. The van der Waals surface area contributed by atoms with Crippen LogP contribution in [0.3, 0.4) is 0 Å². The summed E-state index contributed by atoms with van der Waals surface area (Å²) in [6.45, 7) is 3.81. The summed E-state index contributed by atoms with van der Waals surface area (Å²) >= 11 is 7.05. The van der Waals surface area contributed by atoms with Crippen molar-refractivity contribution in [2.24, 2.45) is 0 Å². The summed E-state index contributed by atoms with van der Waals surface area (Å²) in [6.07, 6.45) is 3.53. The number of benzene rings is 3. The van der Waals surface area contributed by atoms with E-state index in [1.54, 1.807) is 12.1 Å². The number of thioether (sulfide) groups is 1. The van der Waals surface area contributed by atoms with Crippen molar-refractivity contribution >= 4 is 63.1 Å². The average Bonchev–Trinajstić information content (AvgIpc) is 3.35. The number of rotatable bonds is 6. The monoisotopic (exact) mass is 547 g/mol. The van der Waals surface area contributed by atoms with Crippen LogP contribution in [-0.2, 0) is 16.1 Å². The normalized spacial score (nSPS) is 14.6. The van der Waals surface area contributed by atoms with E-state index in [0.29, 0.717) is 17.3 Å². The van der Waals surface area contributed by atoms with Crippen molar-refractivity contribution in [3.05, 3.63) is 105 Å². The zero-order valence-corrected chi connectivity index (χ0v) is 22.2. The number of para-hydroxylation sites is 1. The van der Waals surface area contributed by atoms with Gasteiger partial charge in [-0.25, -0.2) is 4.39 Å². The number of imide groups is 1. The number of nitrogens with zero attached hydrogens (tertiary/aromatic N) is 2. The SMILES string of the molecule is Cc1ccc(C)c(NC(=O)CN2C(=O)S/C(=C\c3cn(Cc4ccc(F)cc4Cl)c4ccccc34)C2=O)c1. The highest BCUT2D eigenvalue weighted by atomic mass is 35.5. The maximum absolute atomic E-state index is 13.5. The van der Waals surface area contributed by atoms with Crippen molar-refractivity contribution < 1.29 is 18.8 Å². The molecule has 0 saturated carbocycles. The maximum atomic E-state index is 13.5. The first kappa shape index (κ1) is 25.8. The zero-order valence-electron chi connectivity index (χ0n) is 20.6. The van der Waals surface area contributed by atoms with Gasteiger partial charge in [0.15, 0.2) is 0 Å². The van der Waals surface area contributed by atoms with Crippen molar-refractivity contribution in [1.82, 2.24) is 9.47 Å². The Labute approximate surface area is 228 Å². The van der Waals surface area contributed by atoms with Crippen LogP contribution >= 0.6 is 23.4 Å². The molecule has 192 valence electrons. The van der Waals surface area contributed by atoms with Crippen molar-refractivity contribution in [3.8, 4) is 0 Å². The Morgan fingerprint density at radius 1 is 1.08 bits per heavy atom. The number of fused-ring (bicyclic) bond motifs is 1. The molecule has 5 rings (SSSR count). The Bertz CT molecular complexity index is 1650. The standard InChI is InChI=1S/C29H23ClFN3O3S/c1-17-7-8-18(2)24(11-17)32-27(35)16-34-28(36)26(38-29(34)37)12-20-15-33(25-6-4-3-5-22(20)25)14-19-9-10-21(31)13-23(19)30/h3-13,15H,14,16H2,1-2H3,(H,32,35)/b26-12-. The van der Waals surface area contributed by atoms with Gasteiger partial charge in [0, 0.05) is 39.9 Å². The predicted octanol–water partition coefficient (Wildman–Crippen LogP) is 6.77. The molecule has 0 spiro atoms. The van der Waals surface area contributed by atoms with E-state index in [4.69, 9.17) is 11.6 Å². The average molecular weight is 548 g/mol. The van der Waals surface area contributed by atoms with E-state index in [0.717, 1.165) is 49.8 Å². The fourth-order valence-corrected chi connectivity index (χ4v) is 5.39. The summed E-state index contributed by atoms with van der Waals surface area (Å²) in [7, 11) is 0. The van der Waals surface area contributed by atoms with Gasteiger partial charge in [0.25, 0.3) is 11.1 Å². The van der Waals surface area contributed by atoms with Crippen molar-refractivity contribution in [3.63, 3.8) is 0 Å². The number of amides is 3. The van der Waals surface area contributed by atoms with E-state index >= 15 is 0 Å². The summed E-state index contributed by atoms with van der Waals surface area (Å²) in [5, 5.41) is 3.49. The van der Waals surface area contributed by atoms with Gasteiger partial charge >= 0.3 is 0 Å². The summed E-state index contributed by atoms with van der Waals surface area (Å²) in [4.78, 5) is 39.6. The van der Waals surface area contributed by atoms with Crippen molar-refractivity contribution in [2.75, 3.05) is 11.9 Å². The number of nitrogens with one attached hydrogen (secondary N) is 1. The minimum atomic E-state index is -0.519. The van der Waals surface area contributed by atoms with E-state index < -0.39 is 22.9 Å². The molecule has 0 atom stereocenters. The Hall–Kier alpha value is -3.88. The van der Waals surface area contributed by atoms with Crippen LogP contribution in [-0.4, -0.2) is 33.1 Å². The first-order valence-electron chi connectivity index (χ1n) is 11.8. The maximum Gasteiger partial charge on any atom is 0.294 e. The highest BCUT2D eigenvalue weighted by Gasteiger charge is 2.36. The van der Waals surface area contributed by atoms with Gasteiger partial charge in [-0.2, -0.15) is 0 Å².